The number of nitrogens with one attached hydrogen (secondary N) is 1. The van der Waals surface area contributed by atoms with Crippen LogP contribution >= 0.6 is 0 Å². The maximum atomic E-state index is 12.9. The third kappa shape index (κ3) is 4.21. The van der Waals surface area contributed by atoms with E-state index in [-0.39, 0.29) is 12.4 Å². The first kappa shape index (κ1) is 13.3. The Labute approximate surface area is 111 Å². The minimum Gasteiger partial charge on any atom is -0.487 e. The van der Waals surface area contributed by atoms with Crippen molar-refractivity contribution in [3.63, 3.8) is 0 Å². The summed E-state index contributed by atoms with van der Waals surface area (Å²) < 4.78 is 18.4. The molecule has 0 aliphatic heterocycles. The predicted octanol–water partition coefficient (Wildman–Crippen LogP) is 3.02. The number of hydrogen-bond donors (Lipinski definition) is 1. The van der Waals surface area contributed by atoms with Crippen molar-refractivity contribution >= 4 is 5.82 Å². The summed E-state index contributed by atoms with van der Waals surface area (Å²) in [6, 6.07) is 6.02. The quantitative estimate of drug-likeness (QED) is 0.868. The van der Waals surface area contributed by atoms with E-state index in [9.17, 15) is 4.39 Å². The molecular formula is C14H16FN3O. The van der Waals surface area contributed by atoms with E-state index in [0.29, 0.717) is 11.4 Å². The van der Waals surface area contributed by atoms with Gasteiger partial charge in [0, 0.05) is 12.6 Å². The van der Waals surface area contributed by atoms with Crippen molar-refractivity contribution in [1.29, 1.82) is 0 Å². The van der Waals surface area contributed by atoms with E-state index < -0.39 is 0 Å². The Hall–Kier alpha value is -2.17. The third-order valence-corrected chi connectivity index (χ3v) is 2.44. The van der Waals surface area contributed by atoms with E-state index in [1.165, 1.54) is 12.1 Å². The molecule has 2 rings (SSSR count). The van der Waals surface area contributed by atoms with Crippen molar-refractivity contribution in [2.45, 2.75) is 20.0 Å². The molecule has 0 aliphatic rings. The summed E-state index contributed by atoms with van der Waals surface area (Å²) in [4.78, 5) is 8.44. The SMILES string of the molecule is CCCNc1cnc(COc2cccc(F)c2)cn1. The van der Waals surface area contributed by atoms with Gasteiger partial charge in [0.05, 0.1) is 18.1 Å². The topological polar surface area (TPSA) is 47.0 Å². The van der Waals surface area contributed by atoms with Gasteiger partial charge in [-0.1, -0.05) is 13.0 Å². The normalized spacial score (nSPS) is 10.2. The minimum atomic E-state index is -0.317. The van der Waals surface area contributed by atoms with Crippen LogP contribution in [0.25, 0.3) is 0 Å². The molecule has 4 nitrogen and oxygen atoms in total. The van der Waals surface area contributed by atoms with Crippen LogP contribution in [0.3, 0.4) is 0 Å². The summed E-state index contributed by atoms with van der Waals surface area (Å²) in [6.45, 7) is 3.22. The molecule has 5 heteroatoms. The monoisotopic (exact) mass is 261 g/mol. The number of ether oxygens (including phenoxy) is 1. The van der Waals surface area contributed by atoms with E-state index in [4.69, 9.17) is 4.74 Å². The van der Waals surface area contributed by atoms with E-state index >= 15 is 0 Å². The Morgan fingerprint density at radius 2 is 2.16 bits per heavy atom. The van der Waals surface area contributed by atoms with Gasteiger partial charge in [0.2, 0.25) is 0 Å². The van der Waals surface area contributed by atoms with Crippen molar-refractivity contribution in [1.82, 2.24) is 9.97 Å². The highest BCUT2D eigenvalue weighted by molar-refractivity contribution is 5.30. The Morgan fingerprint density at radius 3 is 2.84 bits per heavy atom. The summed E-state index contributed by atoms with van der Waals surface area (Å²) in [5, 5.41) is 3.14. The molecule has 0 fully saturated rings. The minimum absolute atomic E-state index is 0.268. The fourth-order valence-corrected chi connectivity index (χ4v) is 1.49. The summed E-state index contributed by atoms with van der Waals surface area (Å²) >= 11 is 0. The average molecular weight is 261 g/mol. The summed E-state index contributed by atoms with van der Waals surface area (Å²) in [5.74, 6) is 0.911. The van der Waals surface area contributed by atoms with Gasteiger partial charge in [-0.25, -0.2) is 9.37 Å². The Balaban J connectivity index is 1.89. The maximum absolute atomic E-state index is 12.9. The molecule has 0 unspecified atom stereocenters. The van der Waals surface area contributed by atoms with E-state index in [2.05, 4.69) is 22.2 Å². The molecule has 0 bridgehead atoms. The molecule has 1 heterocycles. The molecule has 0 amide bonds. The van der Waals surface area contributed by atoms with Crippen LogP contribution in [0.15, 0.2) is 36.7 Å². The van der Waals surface area contributed by atoms with Crippen LogP contribution in [0.2, 0.25) is 0 Å². The number of rotatable bonds is 6. The lowest BCUT2D eigenvalue weighted by Gasteiger charge is -2.07. The van der Waals surface area contributed by atoms with Crippen molar-refractivity contribution < 1.29 is 9.13 Å². The van der Waals surface area contributed by atoms with Gasteiger partial charge in [-0.15, -0.1) is 0 Å². The third-order valence-electron chi connectivity index (χ3n) is 2.44. The van der Waals surface area contributed by atoms with Gasteiger partial charge in [0.25, 0.3) is 0 Å². The molecule has 0 aliphatic carbocycles. The van der Waals surface area contributed by atoms with Gasteiger partial charge >= 0.3 is 0 Å². The highest BCUT2D eigenvalue weighted by Crippen LogP contribution is 2.13. The van der Waals surface area contributed by atoms with Crippen LogP contribution in [0, 0.1) is 5.82 Å². The fourth-order valence-electron chi connectivity index (χ4n) is 1.49. The maximum Gasteiger partial charge on any atom is 0.144 e. The average Bonchev–Trinajstić information content (AvgIpc) is 2.44. The second-order valence-corrected chi connectivity index (χ2v) is 4.07. The lowest BCUT2D eigenvalue weighted by molar-refractivity contribution is 0.299. The lowest BCUT2D eigenvalue weighted by Crippen LogP contribution is -2.04. The molecule has 100 valence electrons. The number of halogens is 1. The highest BCUT2D eigenvalue weighted by Gasteiger charge is 2.00. The van der Waals surface area contributed by atoms with Gasteiger partial charge in [-0.2, -0.15) is 0 Å². The first-order valence-electron chi connectivity index (χ1n) is 6.21. The molecule has 0 saturated heterocycles. The number of benzene rings is 1. The molecule has 1 aromatic heterocycles. The van der Waals surface area contributed by atoms with Crippen LogP contribution in [0.5, 0.6) is 5.75 Å². The van der Waals surface area contributed by atoms with Crippen LogP contribution in [0.4, 0.5) is 10.2 Å². The number of hydrogen-bond acceptors (Lipinski definition) is 4. The molecule has 19 heavy (non-hydrogen) atoms. The first-order chi connectivity index (χ1) is 9.28. The Kier molecular flexibility index (Phi) is 4.66. The molecular weight excluding hydrogens is 245 g/mol. The van der Waals surface area contributed by atoms with E-state index in [1.807, 2.05) is 0 Å². The molecule has 0 saturated carbocycles. The number of aromatic nitrogens is 2. The zero-order valence-electron chi connectivity index (χ0n) is 10.8. The largest absolute Gasteiger partial charge is 0.487 e. The van der Waals surface area contributed by atoms with Crippen molar-refractivity contribution in [2.24, 2.45) is 0 Å². The van der Waals surface area contributed by atoms with Gasteiger partial charge in [-0.3, -0.25) is 4.98 Å². The van der Waals surface area contributed by atoms with Crippen molar-refractivity contribution in [3.8, 4) is 5.75 Å². The van der Waals surface area contributed by atoms with Crippen LogP contribution in [0.1, 0.15) is 19.0 Å². The lowest BCUT2D eigenvalue weighted by atomic mass is 10.3. The van der Waals surface area contributed by atoms with E-state index in [0.717, 1.165) is 18.8 Å². The fraction of sp³-hybridized carbons (Fsp3) is 0.286. The molecule has 1 N–H and O–H groups in total. The zero-order chi connectivity index (χ0) is 13.5. The smallest absolute Gasteiger partial charge is 0.144 e. The number of nitrogens with zero attached hydrogens (tertiary/aromatic N) is 2. The van der Waals surface area contributed by atoms with Crippen LogP contribution in [-0.2, 0) is 6.61 Å². The van der Waals surface area contributed by atoms with Gasteiger partial charge in [0.15, 0.2) is 0 Å². The second-order valence-electron chi connectivity index (χ2n) is 4.07. The van der Waals surface area contributed by atoms with Crippen molar-refractivity contribution in [2.75, 3.05) is 11.9 Å². The molecule has 0 radical (unpaired) electrons. The van der Waals surface area contributed by atoms with Crippen LogP contribution in [-0.4, -0.2) is 16.5 Å². The molecule has 2 aromatic rings. The number of anilines is 1. The Morgan fingerprint density at radius 1 is 1.26 bits per heavy atom. The predicted molar refractivity (Wildman–Crippen MR) is 71.5 cm³/mol. The summed E-state index contributed by atoms with van der Waals surface area (Å²) in [7, 11) is 0. The zero-order valence-corrected chi connectivity index (χ0v) is 10.8. The van der Waals surface area contributed by atoms with Crippen molar-refractivity contribution in [3.05, 3.63) is 48.2 Å². The van der Waals surface area contributed by atoms with Crippen LogP contribution < -0.4 is 10.1 Å². The standard InChI is InChI=1S/C14H16FN3O/c1-2-6-16-14-9-17-12(8-18-14)10-19-13-5-3-4-11(15)7-13/h3-5,7-9H,2,6,10H2,1H3,(H,16,18). The molecule has 0 spiro atoms. The molecule has 1 aromatic carbocycles. The Bertz CT molecular complexity index is 516. The summed E-state index contributed by atoms with van der Waals surface area (Å²) in [5.41, 5.74) is 0.700. The van der Waals surface area contributed by atoms with Gasteiger partial charge in [-0.05, 0) is 18.6 Å². The van der Waals surface area contributed by atoms with Gasteiger partial charge in [0.1, 0.15) is 24.0 Å². The summed E-state index contributed by atoms with van der Waals surface area (Å²) in [6.07, 6.45) is 4.35. The highest BCUT2D eigenvalue weighted by atomic mass is 19.1. The second kappa shape index (κ2) is 6.68. The molecule has 0 atom stereocenters. The van der Waals surface area contributed by atoms with E-state index in [1.54, 1.807) is 24.5 Å². The van der Waals surface area contributed by atoms with Gasteiger partial charge < -0.3 is 10.1 Å². The first-order valence-corrected chi connectivity index (χ1v) is 6.21.